The molecule has 2 aliphatic heterocycles. The van der Waals surface area contributed by atoms with Crippen LogP contribution in [0.15, 0.2) is 6.20 Å². The topological polar surface area (TPSA) is 50.3 Å². The van der Waals surface area contributed by atoms with E-state index >= 15 is 0 Å². The van der Waals surface area contributed by atoms with Crippen LogP contribution in [0.2, 0.25) is 0 Å². The van der Waals surface area contributed by atoms with Crippen LogP contribution in [-0.2, 0) is 17.7 Å². The van der Waals surface area contributed by atoms with E-state index in [1.54, 1.807) is 0 Å². The molecule has 1 fully saturated rings. The number of nitrogens with zero attached hydrogens (tertiary/aromatic N) is 3. The SMILES string of the molecule is CC.CN1Cc2nc(NC3CCOCC3)ncc2CC1(C)C.[HH]. The van der Waals surface area contributed by atoms with Crippen LogP contribution in [-0.4, -0.2) is 46.7 Å². The number of nitrogens with one attached hydrogen (secondary N) is 1. The zero-order valence-corrected chi connectivity index (χ0v) is 14.6. The lowest BCUT2D eigenvalue weighted by molar-refractivity contribution is 0.0902. The fourth-order valence-corrected chi connectivity index (χ4v) is 2.86. The smallest absolute Gasteiger partial charge is 0.223 e. The molecule has 0 atom stereocenters. The van der Waals surface area contributed by atoms with Gasteiger partial charge in [-0.3, -0.25) is 4.90 Å². The highest BCUT2D eigenvalue weighted by Crippen LogP contribution is 2.28. The summed E-state index contributed by atoms with van der Waals surface area (Å²) in [5, 5.41) is 3.45. The van der Waals surface area contributed by atoms with Gasteiger partial charge < -0.3 is 10.1 Å². The molecule has 1 aromatic heterocycles. The molecule has 0 unspecified atom stereocenters. The largest absolute Gasteiger partial charge is 0.381 e. The van der Waals surface area contributed by atoms with E-state index in [0.29, 0.717) is 6.04 Å². The fourth-order valence-electron chi connectivity index (χ4n) is 2.86. The van der Waals surface area contributed by atoms with Crippen LogP contribution in [0.1, 0.15) is 53.2 Å². The van der Waals surface area contributed by atoms with Crippen molar-refractivity contribution >= 4 is 5.95 Å². The molecular formula is C17H32N4O. The Morgan fingerprint density at radius 1 is 1.32 bits per heavy atom. The van der Waals surface area contributed by atoms with Crippen LogP contribution in [0, 0.1) is 0 Å². The van der Waals surface area contributed by atoms with Gasteiger partial charge in [-0.05, 0) is 45.7 Å². The second-order valence-electron chi connectivity index (χ2n) is 6.54. The first-order chi connectivity index (χ1) is 10.5. The lowest BCUT2D eigenvalue weighted by atomic mass is 9.89. The van der Waals surface area contributed by atoms with Gasteiger partial charge in [0.2, 0.25) is 5.95 Å². The molecule has 2 aliphatic rings. The van der Waals surface area contributed by atoms with Crippen LogP contribution >= 0.6 is 0 Å². The Morgan fingerprint density at radius 3 is 2.68 bits per heavy atom. The van der Waals surface area contributed by atoms with E-state index in [1.165, 1.54) is 5.56 Å². The molecule has 0 radical (unpaired) electrons. The number of aromatic nitrogens is 2. The first kappa shape index (κ1) is 17.2. The summed E-state index contributed by atoms with van der Waals surface area (Å²) in [5.74, 6) is 0.767. The monoisotopic (exact) mass is 308 g/mol. The highest BCUT2D eigenvalue weighted by atomic mass is 16.5. The summed E-state index contributed by atoms with van der Waals surface area (Å²) in [5.41, 5.74) is 2.63. The maximum Gasteiger partial charge on any atom is 0.223 e. The van der Waals surface area contributed by atoms with E-state index in [0.717, 1.165) is 50.7 Å². The van der Waals surface area contributed by atoms with Crippen molar-refractivity contribution in [3.05, 3.63) is 17.5 Å². The molecule has 0 aromatic carbocycles. The average Bonchev–Trinajstić information content (AvgIpc) is 2.52. The van der Waals surface area contributed by atoms with Gasteiger partial charge in [0.05, 0.1) is 5.69 Å². The molecule has 0 amide bonds. The van der Waals surface area contributed by atoms with Crippen molar-refractivity contribution < 1.29 is 6.16 Å². The van der Waals surface area contributed by atoms with Crippen molar-refractivity contribution in [1.29, 1.82) is 0 Å². The number of anilines is 1. The molecule has 1 N–H and O–H groups in total. The maximum absolute atomic E-state index is 5.38. The van der Waals surface area contributed by atoms with E-state index in [4.69, 9.17) is 9.72 Å². The molecule has 1 aromatic rings. The molecule has 5 nitrogen and oxygen atoms in total. The quantitative estimate of drug-likeness (QED) is 0.910. The second-order valence-corrected chi connectivity index (χ2v) is 6.54. The Labute approximate surface area is 136 Å². The van der Waals surface area contributed by atoms with Gasteiger partial charge in [0.25, 0.3) is 0 Å². The van der Waals surface area contributed by atoms with Gasteiger partial charge in [-0.2, -0.15) is 0 Å². The van der Waals surface area contributed by atoms with Gasteiger partial charge in [-0.25, -0.2) is 9.97 Å². The Bertz CT molecular complexity index is 489. The van der Waals surface area contributed by atoms with Gasteiger partial charge in [0, 0.05) is 39.0 Å². The van der Waals surface area contributed by atoms with Crippen molar-refractivity contribution in [1.82, 2.24) is 14.9 Å². The normalized spacial score (nSPS) is 21.5. The maximum atomic E-state index is 5.38. The first-order valence-corrected chi connectivity index (χ1v) is 8.45. The molecule has 0 aliphatic carbocycles. The number of fused-ring (bicyclic) bond motifs is 1. The second kappa shape index (κ2) is 7.38. The fraction of sp³-hybridized carbons (Fsp3) is 0.765. The molecule has 3 heterocycles. The molecule has 22 heavy (non-hydrogen) atoms. The zero-order valence-electron chi connectivity index (χ0n) is 14.6. The van der Waals surface area contributed by atoms with Gasteiger partial charge in [-0.15, -0.1) is 0 Å². The van der Waals surface area contributed by atoms with Crippen LogP contribution in [0.25, 0.3) is 0 Å². The summed E-state index contributed by atoms with van der Waals surface area (Å²) in [4.78, 5) is 11.6. The summed E-state index contributed by atoms with van der Waals surface area (Å²) in [6, 6.07) is 0.444. The number of rotatable bonds is 2. The predicted molar refractivity (Wildman–Crippen MR) is 92.2 cm³/mol. The van der Waals surface area contributed by atoms with Crippen LogP contribution in [0.3, 0.4) is 0 Å². The van der Waals surface area contributed by atoms with Gasteiger partial charge in [-0.1, -0.05) is 13.8 Å². The summed E-state index contributed by atoms with van der Waals surface area (Å²) in [6.45, 7) is 11.1. The standard InChI is InChI=1S/C15H24N4O.C2H6.H2/c1-15(2)8-11-9-16-14(18-13(11)10-19(15)3)17-12-4-6-20-7-5-12;1-2;/h9,12H,4-8,10H2,1-3H3,(H,16,17,18);1-2H3;1H. The van der Waals surface area contributed by atoms with Crippen LogP contribution < -0.4 is 5.32 Å². The van der Waals surface area contributed by atoms with Crippen LogP contribution in [0.4, 0.5) is 5.95 Å². The van der Waals surface area contributed by atoms with E-state index in [-0.39, 0.29) is 6.97 Å². The summed E-state index contributed by atoms with van der Waals surface area (Å²) in [6.07, 6.45) is 5.08. The third-order valence-electron chi connectivity index (χ3n) is 4.55. The Morgan fingerprint density at radius 2 is 2.00 bits per heavy atom. The predicted octanol–water partition coefficient (Wildman–Crippen LogP) is 3.11. The molecule has 0 saturated carbocycles. The lowest BCUT2D eigenvalue weighted by Crippen LogP contribution is -2.46. The summed E-state index contributed by atoms with van der Waals surface area (Å²) < 4.78 is 5.38. The molecule has 1 saturated heterocycles. The Hall–Kier alpha value is -1.20. The van der Waals surface area contributed by atoms with Gasteiger partial charge >= 0.3 is 0 Å². The minimum Gasteiger partial charge on any atom is -0.381 e. The third-order valence-corrected chi connectivity index (χ3v) is 4.55. The first-order valence-electron chi connectivity index (χ1n) is 8.45. The van der Waals surface area contributed by atoms with E-state index in [2.05, 4.69) is 36.1 Å². The molecular weight excluding hydrogens is 276 g/mol. The van der Waals surface area contributed by atoms with E-state index in [1.807, 2.05) is 20.0 Å². The minimum atomic E-state index is 0. The van der Waals surface area contributed by atoms with Crippen LogP contribution in [0.5, 0.6) is 0 Å². The van der Waals surface area contributed by atoms with Crippen molar-refractivity contribution in [3.8, 4) is 0 Å². The van der Waals surface area contributed by atoms with Crippen molar-refractivity contribution in [2.45, 2.75) is 65.1 Å². The summed E-state index contributed by atoms with van der Waals surface area (Å²) >= 11 is 0. The number of hydrogen-bond acceptors (Lipinski definition) is 5. The number of ether oxygens (including phenoxy) is 1. The molecule has 5 heteroatoms. The molecule has 3 rings (SSSR count). The zero-order chi connectivity index (χ0) is 16.2. The number of likely N-dealkylation sites (N-methyl/N-ethyl adjacent to an activating group) is 1. The van der Waals surface area contributed by atoms with Crippen molar-refractivity contribution in [2.75, 3.05) is 25.6 Å². The van der Waals surface area contributed by atoms with E-state index in [9.17, 15) is 0 Å². The third kappa shape index (κ3) is 3.96. The molecule has 126 valence electrons. The highest BCUT2D eigenvalue weighted by Gasteiger charge is 2.31. The van der Waals surface area contributed by atoms with Gasteiger partial charge in [0.1, 0.15) is 0 Å². The summed E-state index contributed by atoms with van der Waals surface area (Å²) in [7, 11) is 2.16. The Kier molecular flexibility index (Phi) is 5.75. The van der Waals surface area contributed by atoms with Crippen molar-refractivity contribution in [2.24, 2.45) is 0 Å². The Balaban J connectivity index is 0.000000849. The lowest BCUT2D eigenvalue weighted by Gasteiger charge is -2.40. The number of hydrogen-bond donors (Lipinski definition) is 1. The van der Waals surface area contributed by atoms with E-state index < -0.39 is 0 Å². The molecule has 0 spiro atoms. The average molecular weight is 308 g/mol. The highest BCUT2D eigenvalue weighted by molar-refractivity contribution is 5.33. The van der Waals surface area contributed by atoms with Crippen molar-refractivity contribution in [3.63, 3.8) is 0 Å². The van der Waals surface area contributed by atoms with Gasteiger partial charge in [0.15, 0.2) is 0 Å². The minimum absolute atomic E-state index is 0. The molecule has 0 bridgehead atoms.